The lowest BCUT2D eigenvalue weighted by Gasteiger charge is -2.16. The summed E-state index contributed by atoms with van der Waals surface area (Å²) in [6.45, 7) is 5.14. The minimum Gasteiger partial charge on any atom is -0.376 e. The Balaban J connectivity index is 1.47. The Morgan fingerprint density at radius 2 is 2.04 bits per heavy atom. The third-order valence-corrected chi connectivity index (χ3v) is 5.64. The van der Waals surface area contributed by atoms with Crippen molar-refractivity contribution in [1.29, 1.82) is 0 Å². The molecule has 2 fully saturated rings. The summed E-state index contributed by atoms with van der Waals surface area (Å²) in [4.78, 5) is 4.71. The number of ether oxygens (including phenoxy) is 1. The Morgan fingerprint density at radius 1 is 1.19 bits per heavy atom. The molecule has 1 unspecified atom stereocenters. The van der Waals surface area contributed by atoms with Crippen LogP contribution in [0.1, 0.15) is 63.0 Å². The summed E-state index contributed by atoms with van der Waals surface area (Å²) in [6.07, 6.45) is 10.8. The second-order valence-corrected chi connectivity index (χ2v) is 7.62. The van der Waals surface area contributed by atoms with Gasteiger partial charge in [-0.2, -0.15) is 0 Å². The number of nitrogens with zero attached hydrogens (tertiary/aromatic N) is 4. The van der Waals surface area contributed by atoms with Gasteiger partial charge in [0.15, 0.2) is 11.8 Å². The fourth-order valence-electron chi connectivity index (χ4n) is 3.83. The van der Waals surface area contributed by atoms with E-state index in [2.05, 4.69) is 20.8 Å². The van der Waals surface area contributed by atoms with E-state index in [1.165, 1.54) is 38.5 Å². The fourth-order valence-corrected chi connectivity index (χ4v) is 3.83. The van der Waals surface area contributed by atoms with Gasteiger partial charge in [-0.05, 0) is 38.5 Å². The number of aliphatic imine (C=N–C) groups is 1. The Kier molecular flexibility index (Phi) is 7.29. The highest BCUT2D eigenvalue weighted by atomic mass is 16.5. The quantitative estimate of drug-likeness (QED) is 0.422. The first-order valence-corrected chi connectivity index (χ1v) is 10.2. The molecule has 0 spiro atoms. The number of nitrogens with one attached hydrogen (secondary N) is 2. The van der Waals surface area contributed by atoms with Crippen LogP contribution in [0.2, 0.25) is 0 Å². The molecule has 7 nitrogen and oxygen atoms in total. The molecule has 0 amide bonds. The maximum absolute atomic E-state index is 5.71. The van der Waals surface area contributed by atoms with Crippen molar-refractivity contribution in [2.24, 2.45) is 18.0 Å². The predicted octanol–water partition coefficient (Wildman–Crippen LogP) is 2.31. The average molecular weight is 363 g/mol. The van der Waals surface area contributed by atoms with Crippen LogP contribution in [0.5, 0.6) is 0 Å². The molecule has 1 atom stereocenters. The van der Waals surface area contributed by atoms with Gasteiger partial charge in [-0.25, -0.2) is 4.99 Å². The van der Waals surface area contributed by atoms with Crippen molar-refractivity contribution in [2.75, 3.05) is 19.7 Å². The van der Waals surface area contributed by atoms with Crippen LogP contribution in [-0.4, -0.2) is 46.5 Å². The molecule has 146 valence electrons. The van der Waals surface area contributed by atoms with E-state index >= 15 is 0 Å². The lowest BCUT2D eigenvalue weighted by atomic mass is 10.0. The van der Waals surface area contributed by atoms with Gasteiger partial charge in [0.1, 0.15) is 12.4 Å². The minimum atomic E-state index is 0.303. The van der Waals surface area contributed by atoms with Crippen molar-refractivity contribution in [3.63, 3.8) is 0 Å². The van der Waals surface area contributed by atoms with Gasteiger partial charge in [0.05, 0.1) is 6.10 Å². The van der Waals surface area contributed by atoms with Gasteiger partial charge in [0, 0.05) is 26.7 Å². The van der Waals surface area contributed by atoms with Crippen LogP contribution < -0.4 is 10.6 Å². The molecule has 26 heavy (non-hydrogen) atoms. The van der Waals surface area contributed by atoms with Crippen molar-refractivity contribution in [3.05, 3.63) is 11.6 Å². The van der Waals surface area contributed by atoms with Gasteiger partial charge in [0.2, 0.25) is 0 Å². The number of rotatable bonds is 8. The second kappa shape index (κ2) is 9.90. The smallest absolute Gasteiger partial charge is 0.191 e. The van der Waals surface area contributed by atoms with Crippen LogP contribution in [0.3, 0.4) is 0 Å². The van der Waals surface area contributed by atoms with E-state index in [9.17, 15) is 0 Å². The maximum atomic E-state index is 5.71. The first-order valence-electron chi connectivity index (χ1n) is 10.2. The summed E-state index contributed by atoms with van der Waals surface area (Å²) in [7, 11) is 1.98. The van der Waals surface area contributed by atoms with Crippen molar-refractivity contribution in [3.8, 4) is 0 Å². The van der Waals surface area contributed by atoms with Crippen LogP contribution in [-0.2, 0) is 18.3 Å². The number of guanidine groups is 1. The number of aromatic nitrogens is 3. The molecule has 1 saturated carbocycles. The molecule has 7 heteroatoms. The van der Waals surface area contributed by atoms with Crippen molar-refractivity contribution >= 4 is 5.96 Å². The van der Waals surface area contributed by atoms with Crippen LogP contribution in [0.25, 0.3) is 0 Å². The minimum absolute atomic E-state index is 0.303. The third-order valence-electron chi connectivity index (χ3n) is 5.64. The molecular formula is C19H34N6O. The van der Waals surface area contributed by atoms with Gasteiger partial charge in [0.25, 0.3) is 0 Å². The number of hydrogen-bond acceptors (Lipinski definition) is 4. The highest BCUT2D eigenvalue weighted by Gasteiger charge is 2.16. The zero-order chi connectivity index (χ0) is 18.2. The molecule has 1 aliphatic carbocycles. The zero-order valence-corrected chi connectivity index (χ0v) is 16.3. The first-order chi connectivity index (χ1) is 12.7. The Morgan fingerprint density at radius 3 is 2.73 bits per heavy atom. The van der Waals surface area contributed by atoms with Crippen LogP contribution in [0, 0.1) is 12.8 Å². The van der Waals surface area contributed by atoms with E-state index in [-0.39, 0.29) is 0 Å². The molecule has 0 bridgehead atoms. The van der Waals surface area contributed by atoms with E-state index in [1.807, 2.05) is 18.5 Å². The lowest BCUT2D eigenvalue weighted by molar-refractivity contribution is 0.114. The molecule has 1 saturated heterocycles. The fraction of sp³-hybridized carbons (Fsp3) is 0.842. The largest absolute Gasteiger partial charge is 0.376 e. The predicted molar refractivity (Wildman–Crippen MR) is 103 cm³/mol. The van der Waals surface area contributed by atoms with Crippen LogP contribution in [0.15, 0.2) is 4.99 Å². The Bertz CT molecular complexity index is 573. The summed E-state index contributed by atoms with van der Waals surface area (Å²) < 4.78 is 7.70. The normalized spacial score (nSPS) is 21.5. The highest BCUT2D eigenvalue weighted by Crippen LogP contribution is 2.28. The third kappa shape index (κ3) is 5.69. The van der Waals surface area contributed by atoms with Crippen molar-refractivity contribution in [1.82, 2.24) is 25.4 Å². The standard InChI is InChI=1S/C19H34N6O/c1-15-23-24-18(25(15)2)14-22-19(21-13-17-10-6-12-26-17)20-11-5-9-16-7-3-4-8-16/h16-17H,3-14H2,1-2H3,(H2,20,21,22). The van der Waals surface area contributed by atoms with Gasteiger partial charge >= 0.3 is 0 Å². The first kappa shape index (κ1) is 19.1. The highest BCUT2D eigenvalue weighted by molar-refractivity contribution is 5.79. The summed E-state index contributed by atoms with van der Waals surface area (Å²) in [6, 6.07) is 0. The molecule has 1 aromatic heterocycles. The van der Waals surface area contributed by atoms with Crippen molar-refractivity contribution < 1.29 is 4.74 Å². The van der Waals surface area contributed by atoms with Crippen LogP contribution in [0.4, 0.5) is 0 Å². The molecule has 2 aliphatic rings. The van der Waals surface area contributed by atoms with Gasteiger partial charge in [-0.3, -0.25) is 0 Å². The molecule has 2 N–H and O–H groups in total. The summed E-state index contributed by atoms with van der Waals surface area (Å²) in [5, 5.41) is 15.2. The van der Waals surface area contributed by atoms with Gasteiger partial charge in [-0.15, -0.1) is 10.2 Å². The molecular weight excluding hydrogens is 328 g/mol. The summed E-state index contributed by atoms with van der Waals surface area (Å²) >= 11 is 0. The number of aryl methyl sites for hydroxylation is 1. The molecule has 3 rings (SSSR count). The lowest BCUT2D eigenvalue weighted by Crippen LogP contribution is -2.41. The Hall–Kier alpha value is -1.63. The maximum Gasteiger partial charge on any atom is 0.191 e. The average Bonchev–Trinajstić information content (AvgIpc) is 3.39. The van der Waals surface area contributed by atoms with E-state index in [0.717, 1.165) is 56.1 Å². The topological polar surface area (TPSA) is 76.4 Å². The monoisotopic (exact) mass is 362 g/mol. The summed E-state index contributed by atoms with van der Waals surface area (Å²) in [5.41, 5.74) is 0. The van der Waals surface area contributed by atoms with E-state index in [1.54, 1.807) is 0 Å². The summed E-state index contributed by atoms with van der Waals surface area (Å²) in [5.74, 6) is 3.59. The molecule has 1 aromatic rings. The molecule has 0 radical (unpaired) electrons. The second-order valence-electron chi connectivity index (χ2n) is 7.62. The zero-order valence-electron chi connectivity index (χ0n) is 16.3. The van der Waals surface area contributed by atoms with Gasteiger partial charge < -0.3 is 19.9 Å². The molecule has 0 aromatic carbocycles. The SMILES string of the molecule is Cc1nnc(CN=C(NCCCC2CCCC2)NCC2CCCO2)n1C. The molecule has 2 heterocycles. The number of hydrogen-bond donors (Lipinski definition) is 2. The Labute approximate surface area is 157 Å². The van der Waals surface area contributed by atoms with E-state index < -0.39 is 0 Å². The van der Waals surface area contributed by atoms with Crippen LogP contribution >= 0.6 is 0 Å². The van der Waals surface area contributed by atoms with E-state index in [4.69, 9.17) is 9.73 Å². The van der Waals surface area contributed by atoms with Crippen molar-refractivity contribution in [2.45, 2.75) is 70.9 Å². The van der Waals surface area contributed by atoms with Gasteiger partial charge in [-0.1, -0.05) is 25.7 Å². The molecule has 1 aliphatic heterocycles. The van der Waals surface area contributed by atoms with E-state index in [0.29, 0.717) is 12.6 Å².